The lowest BCUT2D eigenvalue weighted by atomic mass is 10.5. The van der Waals surface area contributed by atoms with Crippen LogP contribution >= 0.6 is 0 Å². The van der Waals surface area contributed by atoms with Gasteiger partial charge < -0.3 is 10.4 Å². The number of hydrogen-bond donors (Lipinski definition) is 2. The van der Waals surface area contributed by atoms with Crippen molar-refractivity contribution >= 4 is 6.41 Å². The highest BCUT2D eigenvalue weighted by Crippen LogP contribution is 1.66. The van der Waals surface area contributed by atoms with Crippen molar-refractivity contribution < 1.29 is 9.90 Å². The fourth-order valence-corrected chi connectivity index (χ4v) is 0.240. The summed E-state index contributed by atoms with van der Waals surface area (Å²) in [6.07, 6.45) is 1.26. The van der Waals surface area contributed by atoms with Crippen LogP contribution in [0, 0.1) is 0 Å². The molecule has 0 aromatic rings. The van der Waals surface area contributed by atoms with E-state index in [1.165, 1.54) is 0 Å². The Kier molecular flexibility index (Phi) is 4.99. The van der Waals surface area contributed by atoms with E-state index in [1.54, 1.807) is 0 Å². The monoisotopic (exact) mass is 103 g/mol. The predicted molar refractivity (Wildman–Crippen MR) is 25.8 cm³/mol. The summed E-state index contributed by atoms with van der Waals surface area (Å²) in [7, 11) is 0. The van der Waals surface area contributed by atoms with Crippen molar-refractivity contribution in [2.45, 2.75) is 6.42 Å². The van der Waals surface area contributed by atoms with E-state index < -0.39 is 0 Å². The Morgan fingerprint density at radius 3 is 2.86 bits per heavy atom. The fraction of sp³-hybridized carbons (Fsp3) is 0.750. The summed E-state index contributed by atoms with van der Waals surface area (Å²) in [6.45, 7) is 0.709. The van der Waals surface area contributed by atoms with Crippen molar-refractivity contribution in [3.63, 3.8) is 0 Å². The van der Waals surface area contributed by atoms with Gasteiger partial charge in [0, 0.05) is 13.2 Å². The Bertz CT molecular complexity index is 47.0. The van der Waals surface area contributed by atoms with Crippen molar-refractivity contribution in [2.24, 2.45) is 0 Å². The van der Waals surface area contributed by atoms with Gasteiger partial charge in [-0.2, -0.15) is 0 Å². The number of aliphatic hydroxyl groups is 1. The molecule has 3 nitrogen and oxygen atoms in total. The summed E-state index contributed by atoms with van der Waals surface area (Å²) in [5.41, 5.74) is 0. The highest BCUT2D eigenvalue weighted by atomic mass is 16.3. The fourth-order valence-electron chi connectivity index (χ4n) is 0.240. The van der Waals surface area contributed by atoms with Crippen molar-refractivity contribution in [3.05, 3.63) is 0 Å². The maximum absolute atomic E-state index is 9.49. The Labute approximate surface area is 42.3 Å². The van der Waals surface area contributed by atoms with Crippen molar-refractivity contribution in [2.75, 3.05) is 13.2 Å². The highest BCUT2D eigenvalue weighted by Gasteiger charge is 1.77. The van der Waals surface area contributed by atoms with Gasteiger partial charge in [0.05, 0.1) is 0 Å². The van der Waals surface area contributed by atoms with Crippen LogP contribution in [0.4, 0.5) is 0 Å². The molecule has 0 aromatic carbocycles. The average Bonchev–Trinajstić information content (AvgIpc) is 1.69. The molecular formula is C4H9NO2. The summed E-state index contributed by atoms with van der Waals surface area (Å²) in [6, 6.07) is 0. The number of hydrogen-bond acceptors (Lipinski definition) is 2. The number of rotatable bonds is 4. The molecular weight excluding hydrogens is 94.0 g/mol. The number of amides is 1. The maximum Gasteiger partial charge on any atom is 0.207 e. The molecule has 0 saturated carbocycles. The largest absolute Gasteiger partial charge is 0.396 e. The van der Waals surface area contributed by atoms with Crippen molar-refractivity contribution in [1.82, 2.24) is 5.32 Å². The van der Waals surface area contributed by atoms with Crippen molar-refractivity contribution in [1.29, 1.82) is 0 Å². The van der Waals surface area contributed by atoms with E-state index in [0.29, 0.717) is 19.4 Å². The molecule has 0 unspecified atom stereocenters. The zero-order valence-electron chi connectivity index (χ0n) is 4.05. The van der Waals surface area contributed by atoms with Gasteiger partial charge in [-0.3, -0.25) is 4.79 Å². The molecule has 42 valence electrons. The van der Waals surface area contributed by atoms with Crippen LogP contribution in [0.1, 0.15) is 6.42 Å². The first-order valence-electron chi connectivity index (χ1n) is 2.19. The summed E-state index contributed by atoms with van der Waals surface area (Å²) < 4.78 is 0. The molecule has 0 aliphatic rings. The van der Waals surface area contributed by atoms with Crippen LogP contribution in [-0.2, 0) is 4.79 Å². The number of carbonyl (C=O) groups is 1. The van der Waals surface area contributed by atoms with Crippen LogP contribution in [-0.4, -0.2) is 24.7 Å². The van der Waals surface area contributed by atoms with Crippen LogP contribution in [0.25, 0.3) is 0 Å². The summed E-state index contributed by atoms with van der Waals surface area (Å²) >= 11 is 0. The standard InChI is InChI=1S/C4H9NO2/c6-3-1-2-5-4-7/h4,6H,1-3H2,(H,5,7). The van der Waals surface area contributed by atoms with Gasteiger partial charge in [0.1, 0.15) is 0 Å². The minimum Gasteiger partial charge on any atom is -0.396 e. The second kappa shape index (κ2) is 5.43. The Hall–Kier alpha value is -0.570. The molecule has 3 heteroatoms. The van der Waals surface area contributed by atoms with Crippen LogP contribution < -0.4 is 5.32 Å². The molecule has 0 heterocycles. The zero-order valence-corrected chi connectivity index (χ0v) is 4.05. The van der Waals surface area contributed by atoms with E-state index in [9.17, 15) is 4.79 Å². The first-order chi connectivity index (χ1) is 3.41. The molecule has 2 N–H and O–H groups in total. The highest BCUT2D eigenvalue weighted by molar-refractivity contribution is 5.45. The smallest absolute Gasteiger partial charge is 0.207 e. The Balaban J connectivity index is 2.56. The van der Waals surface area contributed by atoms with Gasteiger partial charge in [-0.15, -0.1) is 0 Å². The van der Waals surface area contributed by atoms with Crippen LogP contribution in [0.3, 0.4) is 0 Å². The normalized spacial score (nSPS) is 8.14. The van der Waals surface area contributed by atoms with Crippen LogP contribution in [0.15, 0.2) is 0 Å². The number of nitrogens with one attached hydrogen (secondary N) is 1. The van der Waals surface area contributed by atoms with Gasteiger partial charge in [0.25, 0.3) is 0 Å². The zero-order chi connectivity index (χ0) is 5.54. The molecule has 0 spiro atoms. The van der Waals surface area contributed by atoms with Gasteiger partial charge >= 0.3 is 0 Å². The number of carbonyl (C=O) groups excluding carboxylic acids is 1. The van der Waals surface area contributed by atoms with E-state index in [-0.39, 0.29) is 6.61 Å². The van der Waals surface area contributed by atoms with Gasteiger partial charge in [0.15, 0.2) is 0 Å². The molecule has 0 radical (unpaired) electrons. The second-order valence-electron chi connectivity index (χ2n) is 1.15. The third-order valence-electron chi connectivity index (χ3n) is 0.563. The second-order valence-corrected chi connectivity index (χ2v) is 1.15. The Morgan fingerprint density at radius 1 is 1.71 bits per heavy atom. The van der Waals surface area contributed by atoms with Crippen molar-refractivity contribution in [3.8, 4) is 0 Å². The molecule has 0 saturated heterocycles. The molecule has 0 aliphatic carbocycles. The quantitative estimate of drug-likeness (QED) is 0.358. The minimum absolute atomic E-state index is 0.140. The summed E-state index contributed by atoms with van der Waals surface area (Å²) in [4.78, 5) is 9.49. The molecule has 0 rings (SSSR count). The molecule has 0 fully saturated rings. The molecule has 0 atom stereocenters. The number of aliphatic hydroxyl groups excluding tert-OH is 1. The SMILES string of the molecule is O=CNCCCO. The average molecular weight is 103 g/mol. The van der Waals surface area contributed by atoms with Gasteiger partial charge in [-0.1, -0.05) is 0 Å². The first-order valence-corrected chi connectivity index (χ1v) is 2.19. The molecule has 0 aliphatic heterocycles. The van der Waals surface area contributed by atoms with Gasteiger partial charge in [0.2, 0.25) is 6.41 Å². The topological polar surface area (TPSA) is 49.3 Å². The third-order valence-corrected chi connectivity index (χ3v) is 0.563. The summed E-state index contributed by atoms with van der Waals surface area (Å²) in [5, 5.41) is 10.5. The lowest BCUT2D eigenvalue weighted by Crippen LogP contribution is -2.12. The lowest BCUT2D eigenvalue weighted by molar-refractivity contribution is -0.109. The molecule has 7 heavy (non-hydrogen) atoms. The van der Waals surface area contributed by atoms with Crippen LogP contribution in [0.2, 0.25) is 0 Å². The van der Waals surface area contributed by atoms with E-state index in [0.717, 1.165) is 0 Å². The molecule has 0 bridgehead atoms. The third kappa shape index (κ3) is 5.43. The minimum atomic E-state index is 0.140. The summed E-state index contributed by atoms with van der Waals surface area (Å²) in [5.74, 6) is 0. The lowest BCUT2D eigenvalue weighted by Gasteiger charge is -1.90. The van der Waals surface area contributed by atoms with Gasteiger partial charge in [-0.25, -0.2) is 0 Å². The van der Waals surface area contributed by atoms with E-state index in [2.05, 4.69) is 5.32 Å². The first kappa shape index (κ1) is 6.43. The predicted octanol–water partition coefficient (Wildman–Crippen LogP) is -0.885. The van der Waals surface area contributed by atoms with E-state index >= 15 is 0 Å². The van der Waals surface area contributed by atoms with E-state index in [4.69, 9.17) is 5.11 Å². The van der Waals surface area contributed by atoms with E-state index in [1.807, 2.05) is 0 Å². The maximum atomic E-state index is 9.49. The molecule has 0 aromatic heterocycles. The molecule has 1 amide bonds. The Morgan fingerprint density at radius 2 is 2.43 bits per heavy atom. The van der Waals surface area contributed by atoms with Gasteiger partial charge in [-0.05, 0) is 6.42 Å². The van der Waals surface area contributed by atoms with Crippen LogP contribution in [0.5, 0.6) is 0 Å².